The summed E-state index contributed by atoms with van der Waals surface area (Å²) in [5.74, 6) is 0. The lowest BCUT2D eigenvalue weighted by Gasteiger charge is -2.30. The third-order valence-electron chi connectivity index (χ3n) is 16.1. The van der Waals surface area contributed by atoms with E-state index in [0.29, 0.717) is 0 Å². The van der Waals surface area contributed by atoms with Crippen LogP contribution >= 0.6 is 45.3 Å². The fourth-order valence-electron chi connectivity index (χ4n) is 12.3. The Kier molecular flexibility index (Phi) is 11.1. The molecule has 0 unspecified atom stereocenters. The van der Waals surface area contributed by atoms with Gasteiger partial charge in [-0.05, 0) is 169 Å². The van der Waals surface area contributed by atoms with E-state index in [9.17, 15) is 0 Å². The van der Waals surface area contributed by atoms with E-state index in [0.717, 1.165) is 34.1 Å². The zero-order valence-corrected chi connectivity index (χ0v) is 47.0. The molecule has 80 heavy (non-hydrogen) atoms. The highest BCUT2D eigenvalue weighted by Gasteiger charge is 2.24. The maximum atomic E-state index is 2.49. The van der Waals surface area contributed by atoms with Gasteiger partial charge in [0.25, 0.3) is 0 Å². The van der Waals surface area contributed by atoms with Gasteiger partial charge in [0.05, 0.1) is 11.4 Å². The molecule has 4 heterocycles. The number of thiophene rings is 4. The lowest BCUT2D eigenvalue weighted by molar-refractivity contribution is 1.25. The highest BCUT2D eigenvalue weighted by molar-refractivity contribution is 7.27. The number of hydrogen-bond acceptors (Lipinski definition) is 6. The van der Waals surface area contributed by atoms with Crippen LogP contribution in [0.5, 0.6) is 0 Å². The Labute approximate surface area is 479 Å². The van der Waals surface area contributed by atoms with Crippen molar-refractivity contribution in [3.63, 3.8) is 0 Å². The molecule has 0 radical (unpaired) electrons. The van der Waals surface area contributed by atoms with Crippen molar-refractivity contribution in [3.05, 3.63) is 266 Å². The number of rotatable bonds is 9. The molecule has 16 rings (SSSR count). The average molecular weight is 1090 g/mol. The summed E-state index contributed by atoms with van der Waals surface area (Å²) < 4.78 is 10.4. The summed E-state index contributed by atoms with van der Waals surface area (Å²) >= 11 is 7.45. The third-order valence-corrected chi connectivity index (χ3v) is 20.7. The van der Waals surface area contributed by atoms with Crippen LogP contribution in [0.15, 0.2) is 255 Å². The monoisotopic (exact) mass is 1090 g/mol. The normalized spacial score (nSPS) is 11.9. The molecule has 0 saturated heterocycles. The second-order valence-corrected chi connectivity index (χ2v) is 25.2. The first-order valence-electron chi connectivity index (χ1n) is 27.1. The number of benzene rings is 12. The first-order valence-corrected chi connectivity index (χ1v) is 30.4. The lowest BCUT2D eigenvalue weighted by atomic mass is 9.96. The van der Waals surface area contributed by atoms with Crippen LogP contribution in [-0.4, -0.2) is 0 Å². The molecule has 0 aliphatic heterocycles. The number of fused-ring (bicyclic) bond motifs is 12. The summed E-state index contributed by atoms with van der Waals surface area (Å²) in [6.07, 6.45) is 0. The molecule has 16 aromatic rings. The van der Waals surface area contributed by atoms with Crippen LogP contribution in [-0.2, 0) is 0 Å². The van der Waals surface area contributed by atoms with Crippen LogP contribution in [0.25, 0.3) is 114 Å². The van der Waals surface area contributed by atoms with Gasteiger partial charge in [0.2, 0.25) is 0 Å². The molecule has 378 valence electrons. The second kappa shape index (κ2) is 18.9. The Hall–Kier alpha value is -8.88. The topological polar surface area (TPSA) is 6.48 Å². The SMILES string of the molecule is Cc1cc(-c2ccc(N(c3ccc4sc5ccccc5c4c3)c3ccccc3-c3ccc4sc5ccccc5c4c3)c(C)c2)ccc1N(c1ccc2sc3ccccc3c2c1)c1ccccc1-c1ccc2sc3ccccc3c2c1. The summed E-state index contributed by atoms with van der Waals surface area (Å²) in [6, 6.07) is 95.2. The molecule has 12 aromatic carbocycles. The van der Waals surface area contributed by atoms with Crippen LogP contribution in [0.3, 0.4) is 0 Å². The summed E-state index contributed by atoms with van der Waals surface area (Å²) in [6.45, 7) is 4.55. The number of nitrogens with zero attached hydrogens (tertiary/aromatic N) is 2. The van der Waals surface area contributed by atoms with Crippen molar-refractivity contribution < 1.29 is 0 Å². The quantitative estimate of drug-likeness (QED) is 0.142. The van der Waals surface area contributed by atoms with Crippen LogP contribution in [0, 0.1) is 13.8 Å². The number of para-hydroxylation sites is 2. The molecule has 0 N–H and O–H groups in total. The molecule has 0 spiro atoms. The largest absolute Gasteiger partial charge is 0.310 e. The molecule has 2 nitrogen and oxygen atoms in total. The first-order chi connectivity index (χ1) is 39.5. The highest BCUT2D eigenvalue weighted by Crippen LogP contribution is 2.49. The van der Waals surface area contributed by atoms with Gasteiger partial charge < -0.3 is 9.80 Å². The first kappa shape index (κ1) is 47.1. The van der Waals surface area contributed by atoms with Crippen molar-refractivity contribution in [1.82, 2.24) is 0 Å². The van der Waals surface area contributed by atoms with Gasteiger partial charge >= 0.3 is 0 Å². The minimum atomic E-state index is 1.13. The zero-order chi connectivity index (χ0) is 53.0. The van der Waals surface area contributed by atoms with E-state index in [2.05, 4.69) is 278 Å². The van der Waals surface area contributed by atoms with Crippen molar-refractivity contribution >= 4 is 160 Å². The molecule has 0 saturated carbocycles. The van der Waals surface area contributed by atoms with Crippen LogP contribution in [0.4, 0.5) is 34.1 Å². The Morgan fingerprint density at radius 3 is 0.900 bits per heavy atom. The average Bonchev–Trinajstić information content (AvgIpc) is 4.32. The Bertz CT molecular complexity index is 4820. The van der Waals surface area contributed by atoms with Gasteiger partial charge in [-0.2, -0.15) is 0 Å². The lowest BCUT2D eigenvalue weighted by Crippen LogP contribution is -2.13. The summed E-state index contributed by atoms with van der Waals surface area (Å²) in [7, 11) is 0. The standard InChI is InChI=1S/C74H48N2S4/c1-45-39-47(27-33-63(45)75(51-31-37-73-61(43-51)57-19-7-13-25-69(57)79-73)65-21-9-3-15-53(65)49-29-35-71-59(41-49)55-17-5-11-23-67(55)77-71)48-28-34-64(46(2)40-48)76(52-32-38-74-62(44-52)58-20-8-14-26-70(58)80-74)66-22-10-4-16-54(66)50-30-36-72-60(42-50)56-18-6-12-24-68(56)78-72/h3-44H,1-2H3. The van der Waals surface area contributed by atoms with Gasteiger partial charge in [-0.25, -0.2) is 0 Å². The number of anilines is 6. The zero-order valence-electron chi connectivity index (χ0n) is 43.8. The van der Waals surface area contributed by atoms with E-state index >= 15 is 0 Å². The summed E-state index contributed by atoms with van der Waals surface area (Å²) in [5.41, 5.74) is 16.3. The number of hydrogen-bond donors (Lipinski definition) is 0. The van der Waals surface area contributed by atoms with Gasteiger partial charge in [-0.1, -0.05) is 133 Å². The molecular formula is C74H48N2S4. The van der Waals surface area contributed by atoms with Gasteiger partial charge in [-0.15, -0.1) is 45.3 Å². The van der Waals surface area contributed by atoms with Crippen molar-refractivity contribution in [2.45, 2.75) is 13.8 Å². The summed E-state index contributed by atoms with van der Waals surface area (Å²) in [5, 5.41) is 10.3. The Balaban J connectivity index is 0.827. The maximum absolute atomic E-state index is 2.49. The van der Waals surface area contributed by atoms with Crippen LogP contribution < -0.4 is 9.80 Å². The second-order valence-electron chi connectivity index (χ2n) is 20.9. The molecule has 6 heteroatoms. The van der Waals surface area contributed by atoms with Crippen molar-refractivity contribution in [2.75, 3.05) is 9.80 Å². The van der Waals surface area contributed by atoms with Gasteiger partial charge in [0, 0.05) is 115 Å². The molecule has 0 fully saturated rings. The van der Waals surface area contributed by atoms with E-state index in [-0.39, 0.29) is 0 Å². The predicted octanol–water partition coefficient (Wildman–Crippen LogP) is 23.7. The molecule has 4 aromatic heterocycles. The minimum absolute atomic E-state index is 1.13. The predicted molar refractivity (Wildman–Crippen MR) is 353 cm³/mol. The van der Waals surface area contributed by atoms with Crippen molar-refractivity contribution in [1.29, 1.82) is 0 Å². The fourth-order valence-corrected chi connectivity index (χ4v) is 16.7. The molecule has 0 atom stereocenters. The Morgan fingerprint density at radius 2 is 0.525 bits per heavy atom. The molecule has 0 bridgehead atoms. The van der Waals surface area contributed by atoms with Crippen LogP contribution in [0.1, 0.15) is 11.1 Å². The van der Waals surface area contributed by atoms with E-state index < -0.39 is 0 Å². The number of aryl methyl sites for hydroxylation is 2. The van der Waals surface area contributed by atoms with E-state index in [1.165, 1.54) is 125 Å². The minimum Gasteiger partial charge on any atom is -0.310 e. The molecule has 0 aliphatic carbocycles. The summed E-state index contributed by atoms with van der Waals surface area (Å²) in [4.78, 5) is 4.98. The highest BCUT2D eigenvalue weighted by atomic mass is 32.1. The van der Waals surface area contributed by atoms with Gasteiger partial charge in [0.15, 0.2) is 0 Å². The molecular weight excluding hydrogens is 1050 g/mol. The van der Waals surface area contributed by atoms with Gasteiger partial charge in [0.1, 0.15) is 0 Å². The van der Waals surface area contributed by atoms with Crippen molar-refractivity contribution in [3.8, 4) is 33.4 Å². The fraction of sp³-hybridized carbons (Fsp3) is 0.0270. The van der Waals surface area contributed by atoms with E-state index in [4.69, 9.17) is 0 Å². The molecule has 0 amide bonds. The Morgan fingerprint density at radius 1 is 0.225 bits per heavy atom. The molecule has 0 aliphatic rings. The van der Waals surface area contributed by atoms with E-state index in [1.54, 1.807) is 0 Å². The van der Waals surface area contributed by atoms with Crippen molar-refractivity contribution in [2.24, 2.45) is 0 Å². The smallest absolute Gasteiger partial charge is 0.0540 e. The van der Waals surface area contributed by atoms with E-state index in [1.807, 2.05) is 45.3 Å². The maximum Gasteiger partial charge on any atom is 0.0540 e. The van der Waals surface area contributed by atoms with Crippen LogP contribution in [0.2, 0.25) is 0 Å². The third kappa shape index (κ3) is 7.77. The van der Waals surface area contributed by atoms with Gasteiger partial charge in [-0.3, -0.25) is 0 Å².